The Morgan fingerprint density at radius 2 is 2.50 bits per heavy atom. The maximum absolute atomic E-state index is 12.0. The minimum Gasteiger partial charge on any atom is -0.376 e. The van der Waals surface area contributed by atoms with Gasteiger partial charge in [0, 0.05) is 18.7 Å². The van der Waals surface area contributed by atoms with Crippen molar-refractivity contribution < 1.29 is 9.53 Å². The monoisotopic (exact) mass is 245 g/mol. The number of fused-ring (bicyclic) bond motifs is 1. The summed E-state index contributed by atoms with van der Waals surface area (Å²) < 4.78 is 5.47. The SMILES string of the molecule is O=C(NCC1CCCO1)c1ccc2nc[nH]c2c1. The van der Waals surface area contributed by atoms with Crippen molar-refractivity contribution >= 4 is 16.9 Å². The number of carbonyl (C=O) groups excluding carboxylic acids is 1. The highest BCUT2D eigenvalue weighted by Gasteiger charge is 2.16. The van der Waals surface area contributed by atoms with Crippen molar-refractivity contribution in [3.63, 3.8) is 0 Å². The van der Waals surface area contributed by atoms with Crippen molar-refractivity contribution in [1.29, 1.82) is 0 Å². The molecule has 5 nitrogen and oxygen atoms in total. The van der Waals surface area contributed by atoms with E-state index in [-0.39, 0.29) is 12.0 Å². The number of H-pyrrole nitrogens is 1. The van der Waals surface area contributed by atoms with Crippen LogP contribution in [0.4, 0.5) is 0 Å². The van der Waals surface area contributed by atoms with Crippen LogP contribution in [-0.4, -0.2) is 35.1 Å². The number of rotatable bonds is 3. The molecule has 2 heterocycles. The Bertz CT molecular complexity index is 558. The molecule has 1 saturated heterocycles. The first kappa shape index (κ1) is 11.2. The highest BCUT2D eigenvalue weighted by Crippen LogP contribution is 2.13. The zero-order valence-electron chi connectivity index (χ0n) is 9.98. The smallest absolute Gasteiger partial charge is 0.251 e. The Morgan fingerprint density at radius 3 is 3.33 bits per heavy atom. The molecule has 1 aliphatic heterocycles. The van der Waals surface area contributed by atoms with Crippen LogP contribution >= 0.6 is 0 Å². The summed E-state index contributed by atoms with van der Waals surface area (Å²) in [4.78, 5) is 19.1. The van der Waals surface area contributed by atoms with Gasteiger partial charge in [-0.1, -0.05) is 0 Å². The molecule has 94 valence electrons. The molecule has 1 atom stereocenters. The van der Waals surface area contributed by atoms with Crippen molar-refractivity contribution in [2.24, 2.45) is 0 Å². The van der Waals surface area contributed by atoms with Gasteiger partial charge in [-0.15, -0.1) is 0 Å². The van der Waals surface area contributed by atoms with Crippen molar-refractivity contribution in [2.75, 3.05) is 13.2 Å². The van der Waals surface area contributed by atoms with Gasteiger partial charge in [-0.2, -0.15) is 0 Å². The van der Waals surface area contributed by atoms with Crippen LogP contribution in [0, 0.1) is 0 Å². The highest BCUT2D eigenvalue weighted by atomic mass is 16.5. The van der Waals surface area contributed by atoms with E-state index in [0.717, 1.165) is 30.5 Å². The van der Waals surface area contributed by atoms with Crippen LogP contribution in [-0.2, 0) is 4.74 Å². The molecule has 0 aliphatic carbocycles. The molecule has 0 radical (unpaired) electrons. The Morgan fingerprint density at radius 1 is 1.56 bits per heavy atom. The summed E-state index contributed by atoms with van der Waals surface area (Å²) in [5, 5.41) is 2.90. The molecule has 0 spiro atoms. The number of aromatic amines is 1. The summed E-state index contributed by atoms with van der Waals surface area (Å²) in [6.45, 7) is 1.39. The van der Waals surface area contributed by atoms with Gasteiger partial charge in [0.2, 0.25) is 0 Å². The maximum Gasteiger partial charge on any atom is 0.251 e. The van der Waals surface area contributed by atoms with Crippen LogP contribution in [0.5, 0.6) is 0 Å². The predicted octanol–water partition coefficient (Wildman–Crippen LogP) is 1.47. The number of amides is 1. The lowest BCUT2D eigenvalue weighted by molar-refractivity contribution is 0.0858. The largest absolute Gasteiger partial charge is 0.376 e. The van der Waals surface area contributed by atoms with Gasteiger partial charge in [-0.25, -0.2) is 4.98 Å². The summed E-state index contributed by atoms with van der Waals surface area (Å²) in [5.41, 5.74) is 2.38. The van der Waals surface area contributed by atoms with Crippen LogP contribution in [0.15, 0.2) is 24.5 Å². The third kappa shape index (κ3) is 2.22. The summed E-state index contributed by atoms with van der Waals surface area (Å²) >= 11 is 0. The van der Waals surface area contributed by atoms with Crippen molar-refractivity contribution in [3.8, 4) is 0 Å². The van der Waals surface area contributed by atoms with E-state index in [4.69, 9.17) is 4.74 Å². The first-order valence-electron chi connectivity index (χ1n) is 6.16. The molecule has 0 bridgehead atoms. The van der Waals surface area contributed by atoms with Crippen molar-refractivity contribution in [2.45, 2.75) is 18.9 Å². The molecule has 0 saturated carbocycles. The fourth-order valence-corrected chi connectivity index (χ4v) is 2.19. The van der Waals surface area contributed by atoms with Gasteiger partial charge in [-0.3, -0.25) is 4.79 Å². The number of aromatic nitrogens is 2. The molecule has 3 rings (SSSR count). The third-order valence-corrected chi connectivity index (χ3v) is 3.20. The van der Waals surface area contributed by atoms with Gasteiger partial charge < -0.3 is 15.0 Å². The van der Waals surface area contributed by atoms with Gasteiger partial charge in [0.1, 0.15) is 0 Å². The molecule has 1 aromatic carbocycles. The molecule has 2 aromatic rings. The Hall–Kier alpha value is -1.88. The van der Waals surface area contributed by atoms with Crippen LogP contribution in [0.1, 0.15) is 23.2 Å². The average Bonchev–Trinajstić information content (AvgIpc) is 3.05. The number of benzene rings is 1. The summed E-state index contributed by atoms with van der Waals surface area (Å²) in [6, 6.07) is 5.44. The number of carbonyl (C=O) groups is 1. The Labute approximate surface area is 105 Å². The molecule has 1 amide bonds. The average molecular weight is 245 g/mol. The summed E-state index contributed by atoms with van der Waals surface area (Å²) in [5.74, 6) is -0.0676. The molecule has 2 N–H and O–H groups in total. The Kier molecular flexibility index (Phi) is 2.98. The van der Waals surface area contributed by atoms with E-state index in [1.54, 1.807) is 12.4 Å². The van der Waals surface area contributed by atoms with Gasteiger partial charge in [0.15, 0.2) is 0 Å². The minimum atomic E-state index is -0.0676. The predicted molar refractivity (Wildman–Crippen MR) is 67.4 cm³/mol. The molecule has 1 fully saturated rings. The molecule has 1 aliphatic rings. The third-order valence-electron chi connectivity index (χ3n) is 3.20. The van der Waals surface area contributed by atoms with E-state index in [9.17, 15) is 4.79 Å². The second-order valence-electron chi connectivity index (χ2n) is 4.48. The lowest BCUT2D eigenvalue weighted by Crippen LogP contribution is -2.31. The van der Waals surface area contributed by atoms with E-state index in [1.165, 1.54) is 0 Å². The first-order chi connectivity index (χ1) is 8.83. The van der Waals surface area contributed by atoms with E-state index in [2.05, 4.69) is 15.3 Å². The Balaban J connectivity index is 1.67. The highest BCUT2D eigenvalue weighted by molar-refractivity contribution is 5.97. The van der Waals surface area contributed by atoms with Crippen LogP contribution < -0.4 is 5.32 Å². The maximum atomic E-state index is 12.0. The number of imidazole rings is 1. The summed E-state index contributed by atoms with van der Waals surface area (Å²) in [7, 11) is 0. The zero-order valence-corrected chi connectivity index (χ0v) is 9.98. The van der Waals surface area contributed by atoms with E-state index < -0.39 is 0 Å². The molecular weight excluding hydrogens is 230 g/mol. The van der Waals surface area contributed by atoms with Gasteiger partial charge in [-0.05, 0) is 31.0 Å². The van der Waals surface area contributed by atoms with Gasteiger partial charge in [0.25, 0.3) is 5.91 Å². The van der Waals surface area contributed by atoms with Crippen LogP contribution in [0.2, 0.25) is 0 Å². The van der Waals surface area contributed by atoms with Crippen LogP contribution in [0.25, 0.3) is 11.0 Å². The first-order valence-corrected chi connectivity index (χ1v) is 6.16. The zero-order chi connectivity index (χ0) is 12.4. The number of hydrogen-bond donors (Lipinski definition) is 2. The number of hydrogen-bond acceptors (Lipinski definition) is 3. The second-order valence-corrected chi connectivity index (χ2v) is 4.48. The fourth-order valence-electron chi connectivity index (χ4n) is 2.19. The van der Waals surface area contributed by atoms with E-state index >= 15 is 0 Å². The standard InChI is InChI=1S/C13H15N3O2/c17-13(14-7-10-2-1-5-18-10)9-3-4-11-12(6-9)16-8-15-11/h3-4,6,8,10H,1-2,5,7H2,(H,14,17)(H,15,16). The fraction of sp³-hybridized carbons (Fsp3) is 0.385. The minimum absolute atomic E-state index is 0.0676. The number of nitrogens with zero attached hydrogens (tertiary/aromatic N) is 1. The summed E-state index contributed by atoms with van der Waals surface area (Å²) in [6.07, 6.45) is 3.91. The molecular formula is C13H15N3O2. The number of ether oxygens (including phenoxy) is 1. The van der Waals surface area contributed by atoms with Gasteiger partial charge >= 0.3 is 0 Å². The van der Waals surface area contributed by atoms with E-state index in [1.807, 2.05) is 12.1 Å². The normalized spacial score (nSPS) is 19.2. The van der Waals surface area contributed by atoms with Crippen molar-refractivity contribution in [1.82, 2.24) is 15.3 Å². The van der Waals surface area contributed by atoms with Crippen LogP contribution in [0.3, 0.4) is 0 Å². The van der Waals surface area contributed by atoms with Crippen molar-refractivity contribution in [3.05, 3.63) is 30.1 Å². The quantitative estimate of drug-likeness (QED) is 0.860. The second kappa shape index (κ2) is 4.78. The topological polar surface area (TPSA) is 67.0 Å². The number of nitrogens with one attached hydrogen (secondary N) is 2. The lowest BCUT2D eigenvalue weighted by atomic mass is 10.2. The molecule has 5 heteroatoms. The molecule has 1 unspecified atom stereocenters. The lowest BCUT2D eigenvalue weighted by Gasteiger charge is -2.10. The van der Waals surface area contributed by atoms with E-state index in [0.29, 0.717) is 12.1 Å². The van der Waals surface area contributed by atoms with Gasteiger partial charge in [0.05, 0.1) is 23.5 Å². The molecule has 1 aromatic heterocycles. The molecule has 18 heavy (non-hydrogen) atoms.